The van der Waals surface area contributed by atoms with E-state index in [4.69, 9.17) is 4.74 Å². The molecule has 1 amide bonds. The van der Waals surface area contributed by atoms with Crippen LogP contribution < -0.4 is 4.74 Å². The minimum Gasteiger partial charge on any atom is -0.504 e. The zero-order valence-corrected chi connectivity index (χ0v) is 14.1. The zero-order chi connectivity index (χ0) is 17.5. The first-order valence-corrected chi connectivity index (χ1v) is 7.78. The molecule has 0 spiro atoms. The molecule has 126 valence electrons. The molecular formula is C19H22N2O3. The van der Waals surface area contributed by atoms with Crippen molar-refractivity contribution in [2.24, 2.45) is 0 Å². The van der Waals surface area contributed by atoms with Gasteiger partial charge in [0.1, 0.15) is 0 Å². The second-order valence-electron chi connectivity index (χ2n) is 5.42. The van der Waals surface area contributed by atoms with Crippen molar-refractivity contribution in [3.8, 4) is 11.5 Å². The fraction of sp³-hybridized carbons (Fsp3) is 0.263. The molecule has 5 heteroatoms. The van der Waals surface area contributed by atoms with Crippen LogP contribution in [0.2, 0.25) is 0 Å². The van der Waals surface area contributed by atoms with Crippen molar-refractivity contribution in [2.75, 3.05) is 14.2 Å². The Morgan fingerprint density at radius 2 is 2.04 bits per heavy atom. The van der Waals surface area contributed by atoms with Crippen LogP contribution in [-0.2, 0) is 4.79 Å². The number of hydrogen-bond acceptors (Lipinski definition) is 4. The standard InChI is InChI=1S/C19H22N2O3/c1-4-16(15-9-11-20-12-10-15)21(2)19(23)8-6-14-5-7-18(24-3)17(22)13-14/h5-13,16,22H,4H2,1-3H3/b8-6+. The van der Waals surface area contributed by atoms with Crippen LogP contribution >= 0.6 is 0 Å². The van der Waals surface area contributed by atoms with Gasteiger partial charge in [0.15, 0.2) is 11.5 Å². The Bertz CT molecular complexity index is 714. The van der Waals surface area contributed by atoms with Crippen LogP contribution in [0.5, 0.6) is 11.5 Å². The third kappa shape index (κ3) is 4.13. The van der Waals surface area contributed by atoms with Crippen LogP contribution in [0.4, 0.5) is 0 Å². The van der Waals surface area contributed by atoms with Crippen molar-refractivity contribution in [3.05, 3.63) is 59.9 Å². The average Bonchev–Trinajstić information content (AvgIpc) is 2.61. The van der Waals surface area contributed by atoms with Crippen LogP contribution in [0, 0.1) is 0 Å². The summed E-state index contributed by atoms with van der Waals surface area (Å²) in [5.74, 6) is 0.344. The minimum absolute atomic E-state index is 0.00517. The van der Waals surface area contributed by atoms with Crippen LogP contribution in [0.1, 0.15) is 30.5 Å². The number of aromatic hydroxyl groups is 1. The second-order valence-corrected chi connectivity index (χ2v) is 5.42. The monoisotopic (exact) mass is 326 g/mol. The molecule has 0 radical (unpaired) electrons. The Morgan fingerprint density at radius 1 is 1.33 bits per heavy atom. The highest BCUT2D eigenvalue weighted by Crippen LogP contribution is 2.27. The van der Waals surface area contributed by atoms with E-state index < -0.39 is 0 Å². The van der Waals surface area contributed by atoms with Gasteiger partial charge in [-0.25, -0.2) is 0 Å². The summed E-state index contributed by atoms with van der Waals surface area (Å²) in [7, 11) is 3.28. The molecule has 1 atom stereocenters. The Hall–Kier alpha value is -2.82. The SMILES string of the molecule is CCC(c1ccncc1)N(C)C(=O)/C=C/c1ccc(OC)c(O)c1. The lowest BCUT2D eigenvalue weighted by atomic mass is 10.0. The van der Waals surface area contributed by atoms with Crippen LogP contribution in [-0.4, -0.2) is 35.1 Å². The molecule has 5 nitrogen and oxygen atoms in total. The summed E-state index contributed by atoms with van der Waals surface area (Å²) < 4.78 is 5.00. The predicted octanol–water partition coefficient (Wildman–Crippen LogP) is 3.42. The summed E-state index contributed by atoms with van der Waals surface area (Å²) >= 11 is 0. The molecule has 1 aromatic heterocycles. The van der Waals surface area contributed by atoms with E-state index in [0.717, 1.165) is 17.5 Å². The minimum atomic E-state index is -0.103. The van der Waals surface area contributed by atoms with E-state index in [2.05, 4.69) is 4.98 Å². The van der Waals surface area contributed by atoms with E-state index in [1.54, 1.807) is 48.6 Å². The number of nitrogens with zero attached hydrogens (tertiary/aromatic N) is 2. The molecular weight excluding hydrogens is 304 g/mol. The lowest BCUT2D eigenvalue weighted by Gasteiger charge is -2.26. The van der Waals surface area contributed by atoms with Gasteiger partial charge in [-0.3, -0.25) is 9.78 Å². The number of rotatable bonds is 6. The third-order valence-electron chi connectivity index (χ3n) is 3.91. The lowest BCUT2D eigenvalue weighted by molar-refractivity contribution is -0.126. The van der Waals surface area contributed by atoms with Gasteiger partial charge in [0, 0.05) is 25.5 Å². The quantitative estimate of drug-likeness (QED) is 0.826. The smallest absolute Gasteiger partial charge is 0.246 e. The maximum atomic E-state index is 12.4. The van der Waals surface area contributed by atoms with Gasteiger partial charge in [-0.1, -0.05) is 13.0 Å². The largest absolute Gasteiger partial charge is 0.504 e. The fourth-order valence-electron chi connectivity index (χ4n) is 2.57. The molecule has 0 saturated heterocycles. The summed E-state index contributed by atoms with van der Waals surface area (Å²) in [6.07, 6.45) is 7.45. The average molecular weight is 326 g/mol. The van der Waals surface area contributed by atoms with E-state index in [1.165, 1.54) is 13.2 Å². The van der Waals surface area contributed by atoms with Crippen molar-refractivity contribution in [3.63, 3.8) is 0 Å². The lowest BCUT2D eigenvalue weighted by Crippen LogP contribution is -2.29. The second kappa shape index (κ2) is 8.15. The van der Waals surface area contributed by atoms with E-state index >= 15 is 0 Å². The Morgan fingerprint density at radius 3 is 2.62 bits per heavy atom. The van der Waals surface area contributed by atoms with E-state index in [9.17, 15) is 9.90 Å². The maximum absolute atomic E-state index is 12.4. The molecule has 24 heavy (non-hydrogen) atoms. The number of ether oxygens (including phenoxy) is 1. The molecule has 0 aliphatic carbocycles. The van der Waals surface area contributed by atoms with Crippen molar-refractivity contribution in [1.82, 2.24) is 9.88 Å². The number of carbonyl (C=O) groups excluding carboxylic acids is 1. The Labute approximate surface area is 142 Å². The summed E-state index contributed by atoms with van der Waals surface area (Å²) in [5, 5.41) is 9.78. The van der Waals surface area contributed by atoms with E-state index in [1.807, 2.05) is 19.1 Å². The zero-order valence-electron chi connectivity index (χ0n) is 14.1. The van der Waals surface area contributed by atoms with Crippen LogP contribution in [0.25, 0.3) is 6.08 Å². The number of carbonyl (C=O) groups is 1. The fourth-order valence-corrected chi connectivity index (χ4v) is 2.57. The molecule has 1 heterocycles. The summed E-state index contributed by atoms with van der Waals surface area (Å²) in [4.78, 5) is 18.2. The molecule has 2 aromatic rings. The molecule has 1 aromatic carbocycles. The molecule has 0 fully saturated rings. The van der Waals surface area contributed by atoms with Gasteiger partial charge in [-0.15, -0.1) is 0 Å². The van der Waals surface area contributed by atoms with Gasteiger partial charge in [-0.2, -0.15) is 0 Å². The number of phenolic OH excluding ortho intramolecular Hbond substituents is 1. The first kappa shape index (κ1) is 17.5. The first-order valence-electron chi connectivity index (χ1n) is 7.78. The normalized spacial score (nSPS) is 12.1. The Balaban J connectivity index is 2.11. The maximum Gasteiger partial charge on any atom is 0.246 e. The highest BCUT2D eigenvalue weighted by atomic mass is 16.5. The third-order valence-corrected chi connectivity index (χ3v) is 3.91. The summed E-state index contributed by atoms with van der Waals surface area (Å²) in [6, 6.07) is 8.83. The van der Waals surface area contributed by atoms with Gasteiger partial charge in [0.25, 0.3) is 0 Å². The van der Waals surface area contributed by atoms with E-state index in [0.29, 0.717) is 5.75 Å². The number of phenols is 1. The van der Waals surface area contributed by atoms with Crippen molar-refractivity contribution in [1.29, 1.82) is 0 Å². The summed E-state index contributed by atoms with van der Waals surface area (Å²) in [5.41, 5.74) is 1.78. The number of aromatic nitrogens is 1. The van der Waals surface area contributed by atoms with Crippen molar-refractivity contribution < 1.29 is 14.6 Å². The van der Waals surface area contributed by atoms with Gasteiger partial charge >= 0.3 is 0 Å². The topological polar surface area (TPSA) is 62.7 Å². The highest BCUT2D eigenvalue weighted by Gasteiger charge is 2.18. The van der Waals surface area contributed by atoms with Gasteiger partial charge in [-0.05, 0) is 47.9 Å². The van der Waals surface area contributed by atoms with Crippen molar-refractivity contribution in [2.45, 2.75) is 19.4 Å². The molecule has 0 saturated carbocycles. The molecule has 0 aliphatic heterocycles. The molecule has 0 bridgehead atoms. The number of likely N-dealkylation sites (N-methyl/N-ethyl adjacent to an activating group) is 1. The molecule has 2 rings (SSSR count). The van der Waals surface area contributed by atoms with E-state index in [-0.39, 0.29) is 17.7 Å². The molecule has 0 aliphatic rings. The molecule has 1 unspecified atom stereocenters. The number of benzene rings is 1. The number of amides is 1. The highest BCUT2D eigenvalue weighted by molar-refractivity contribution is 5.92. The Kier molecular flexibility index (Phi) is 5.95. The first-order chi connectivity index (χ1) is 11.6. The summed E-state index contributed by atoms with van der Waals surface area (Å²) in [6.45, 7) is 2.04. The number of methoxy groups -OCH3 is 1. The number of pyridine rings is 1. The van der Waals surface area contributed by atoms with Crippen LogP contribution in [0.3, 0.4) is 0 Å². The van der Waals surface area contributed by atoms with Crippen molar-refractivity contribution >= 4 is 12.0 Å². The molecule has 1 N–H and O–H groups in total. The predicted molar refractivity (Wildman–Crippen MR) is 93.7 cm³/mol. The number of hydrogen-bond donors (Lipinski definition) is 1. The van der Waals surface area contributed by atoms with Gasteiger partial charge in [0.2, 0.25) is 5.91 Å². The van der Waals surface area contributed by atoms with Gasteiger partial charge < -0.3 is 14.7 Å². The van der Waals surface area contributed by atoms with Crippen LogP contribution in [0.15, 0.2) is 48.8 Å². The van der Waals surface area contributed by atoms with Gasteiger partial charge in [0.05, 0.1) is 13.2 Å².